The van der Waals surface area contributed by atoms with Gasteiger partial charge in [0, 0.05) is 12.3 Å². The molecule has 108 valence electrons. The molecule has 0 radical (unpaired) electrons. The van der Waals surface area contributed by atoms with Crippen LogP contribution in [0.2, 0.25) is 0 Å². The fourth-order valence-corrected chi connectivity index (χ4v) is 2.77. The zero-order valence-corrected chi connectivity index (χ0v) is 12.7. The molecule has 0 spiro atoms. The normalized spacial score (nSPS) is 18.5. The van der Waals surface area contributed by atoms with Crippen molar-refractivity contribution in [3.63, 3.8) is 0 Å². The van der Waals surface area contributed by atoms with Crippen molar-refractivity contribution in [2.75, 3.05) is 23.5 Å². The lowest BCUT2D eigenvalue weighted by atomic mass is 10.1. The lowest BCUT2D eigenvalue weighted by Crippen LogP contribution is -2.46. The summed E-state index contributed by atoms with van der Waals surface area (Å²) in [4.78, 5) is 26.7. The Kier molecular flexibility index (Phi) is 5.06. The number of hydrogen-bond acceptors (Lipinski definition) is 3. The van der Waals surface area contributed by atoms with E-state index in [-0.39, 0.29) is 11.8 Å². The Balaban J connectivity index is 2.39. The number of anilines is 1. The molecule has 1 atom stereocenters. The van der Waals surface area contributed by atoms with Gasteiger partial charge >= 0.3 is 0 Å². The van der Waals surface area contributed by atoms with E-state index in [1.54, 1.807) is 22.7 Å². The molecule has 20 heavy (non-hydrogen) atoms. The summed E-state index contributed by atoms with van der Waals surface area (Å²) in [5.41, 5.74) is 1.31. The predicted octanol–water partition coefficient (Wildman–Crippen LogP) is 2.29. The number of amides is 2. The molecule has 0 fully saturated rings. The first-order chi connectivity index (χ1) is 9.69. The fourth-order valence-electron chi connectivity index (χ4n) is 2.40. The Hall–Kier alpha value is -1.49. The van der Waals surface area contributed by atoms with Crippen LogP contribution in [0.15, 0.2) is 24.3 Å². The highest BCUT2D eigenvalue weighted by Gasteiger charge is 2.32. The Labute approximate surface area is 123 Å². The number of fused-ring (bicyclic) bond motifs is 1. The van der Waals surface area contributed by atoms with E-state index in [0.29, 0.717) is 18.5 Å². The number of benzene rings is 1. The van der Waals surface area contributed by atoms with Gasteiger partial charge in [0.25, 0.3) is 5.91 Å². The number of carbonyl (C=O) groups excluding carboxylic acids is 2. The summed E-state index contributed by atoms with van der Waals surface area (Å²) in [5.74, 6) is 0.700. The van der Waals surface area contributed by atoms with E-state index < -0.39 is 6.04 Å². The van der Waals surface area contributed by atoms with Crippen LogP contribution < -0.4 is 10.2 Å². The summed E-state index contributed by atoms with van der Waals surface area (Å²) in [6.07, 6.45) is 3.55. The zero-order valence-electron chi connectivity index (χ0n) is 11.9. The molecule has 1 aliphatic heterocycles. The fraction of sp³-hybridized carbons (Fsp3) is 0.467. The van der Waals surface area contributed by atoms with Gasteiger partial charge in [-0.15, -0.1) is 0 Å². The molecule has 0 saturated heterocycles. The Morgan fingerprint density at radius 2 is 2.05 bits per heavy atom. The number of rotatable bonds is 5. The molecular weight excluding hydrogens is 272 g/mol. The zero-order chi connectivity index (χ0) is 14.5. The van der Waals surface area contributed by atoms with E-state index in [0.717, 1.165) is 17.9 Å². The van der Waals surface area contributed by atoms with Crippen molar-refractivity contribution in [2.24, 2.45) is 0 Å². The molecule has 1 aliphatic rings. The van der Waals surface area contributed by atoms with E-state index in [2.05, 4.69) is 5.32 Å². The molecule has 5 heteroatoms. The maximum atomic E-state index is 12.7. The van der Waals surface area contributed by atoms with Gasteiger partial charge in [0.15, 0.2) is 0 Å². The summed E-state index contributed by atoms with van der Waals surface area (Å²) < 4.78 is 0. The third-order valence-corrected chi connectivity index (χ3v) is 4.00. The molecule has 1 aromatic carbocycles. The molecule has 1 heterocycles. The van der Waals surface area contributed by atoms with Crippen molar-refractivity contribution in [3.8, 4) is 0 Å². The van der Waals surface area contributed by atoms with E-state index in [1.165, 1.54) is 0 Å². The van der Waals surface area contributed by atoms with Crippen molar-refractivity contribution >= 4 is 29.3 Å². The highest BCUT2D eigenvalue weighted by Crippen LogP contribution is 2.25. The Morgan fingerprint density at radius 3 is 2.75 bits per heavy atom. The van der Waals surface area contributed by atoms with Crippen LogP contribution in [0, 0.1) is 0 Å². The summed E-state index contributed by atoms with van der Waals surface area (Å²) in [5, 5.41) is 2.86. The van der Waals surface area contributed by atoms with Crippen LogP contribution in [0.4, 0.5) is 5.69 Å². The molecule has 1 N–H and O–H groups in total. The van der Waals surface area contributed by atoms with Gasteiger partial charge in [0.2, 0.25) is 5.91 Å². The molecule has 0 saturated carbocycles. The number of nitrogens with zero attached hydrogens (tertiary/aromatic N) is 1. The van der Waals surface area contributed by atoms with Crippen molar-refractivity contribution in [1.29, 1.82) is 0 Å². The van der Waals surface area contributed by atoms with Gasteiger partial charge in [0.1, 0.15) is 6.04 Å². The summed E-state index contributed by atoms with van der Waals surface area (Å²) >= 11 is 1.69. The molecule has 1 unspecified atom stereocenters. The van der Waals surface area contributed by atoms with Crippen LogP contribution in [0.25, 0.3) is 0 Å². The largest absolute Gasteiger partial charge is 0.340 e. The predicted molar refractivity (Wildman–Crippen MR) is 83.3 cm³/mol. The van der Waals surface area contributed by atoms with Gasteiger partial charge in [-0.1, -0.05) is 25.5 Å². The summed E-state index contributed by atoms with van der Waals surface area (Å²) in [6, 6.07) is 6.91. The highest BCUT2D eigenvalue weighted by molar-refractivity contribution is 7.98. The standard InChI is InChI=1S/C15H20N2O2S/c1-3-6-12-15(19)17(9-10-20-2)13-8-5-4-7-11(13)14(18)16-12/h4-5,7-8,12H,3,6,9-10H2,1-2H3,(H,16,18). The second-order valence-electron chi connectivity index (χ2n) is 4.81. The summed E-state index contributed by atoms with van der Waals surface area (Å²) in [7, 11) is 0. The molecule has 4 nitrogen and oxygen atoms in total. The van der Waals surface area contributed by atoms with E-state index in [9.17, 15) is 9.59 Å². The van der Waals surface area contributed by atoms with E-state index >= 15 is 0 Å². The molecule has 2 rings (SSSR count). The maximum Gasteiger partial charge on any atom is 0.254 e. The van der Waals surface area contributed by atoms with Gasteiger partial charge < -0.3 is 10.2 Å². The second-order valence-corrected chi connectivity index (χ2v) is 5.80. The smallest absolute Gasteiger partial charge is 0.254 e. The maximum absolute atomic E-state index is 12.7. The minimum absolute atomic E-state index is 0.000741. The number of para-hydroxylation sites is 1. The lowest BCUT2D eigenvalue weighted by Gasteiger charge is -2.24. The third kappa shape index (κ3) is 2.98. The topological polar surface area (TPSA) is 49.4 Å². The first-order valence-electron chi connectivity index (χ1n) is 6.89. The highest BCUT2D eigenvalue weighted by atomic mass is 32.2. The minimum Gasteiger partial charge on any atom is -0.340 e. The number of hydrogen-bond donors (Lipinski definition) is 1. The van der Waals surface area contributed by atoms with Gasteiger partial charge in [-0.25, -0.2) is 0 Å². The minimum atomic E-state index is -0.415. The van der Waals surface area contributed by atoms with Crippen LogP contribution in [-0.2, 0) is 4.79 Å². The monoisotopic (exact) mass is 292 g/mol. The Morgan fingerprint density at radius 1 is 1.30 bits per heavy atom. The van der Waals surface area contributed by atoms with Gasteiger partial charge in [-0.05, 0) is 24.8 Å². The van der Waals surface area contributed by atoms with Crippen LogP contribution in [-0.4, -0.2) is 36.4 Å². The number of nitrogens with one attached hydrogen (secondary N) is 1. The van der Waals surface area contributed by atoms with Gasteiger partial charge in [0.05, 0.1) is 11.3 Å². The van der Waals surface area contributed by atoms with E-state index in [4.69, 9.17) is 0 Å². The first-order valence-corrected chi connectivity index (χ1v) is 8.28. The molecule has 0 aromatic heterocycles. The average Bonchev–Trinajstić information content (AvgIpc) is 2.55. The third-order valence-electron chi connectivity index (χ3n) is 3.41. The average molecular weight is 292 g/mol. The molecule has 0 bridgehead atoms. The van der Waals surface area contributed by atoms with Crippen LogP contribution in [0.5, 0.6) is 0 Å². The van der Waals surface area contributed by atoms with Crippen LogP contribution in [0.3, 0.4) is 0 Å². The van der Waals surface area contributed by atoms with Crippen molar-refractivity contribution < 1.29 is 9.59 Å². The lowest BCUT2D eigenvalue weighted by molar-refractivity contribution is -0.120. The van der Waals surface area contributed by atoms with Crippen LogP contribution >= 0.6 is 11.8 Å². The van der Waals surface area contributed by atoms with E-state index in [1.807, 2.05) is 31.4 Å². The summed E-state index contributed by atoms with van der Waals surface area (Å²) in [6.45, 7) is 2.65. The number of thioether (sulfide) groups is 1. The number of carbonyl (C=O) groups is 2. The van der Waals surface area contributed by atoms with Gasteiger partial charge in [-0.3, -0.25) is 9.59 Å². The quantitative estimate of drug-likeness (QED) is 0.906. The molecular formula is C15H20N2O2S. The second kappa shape index (κ2) is 6.79. The van der Waals surface area contributed by atoms with Crippen molar-refractivity contribution in [2.45, 2.75) is 25.8 Å². The van der Waals surface area contributed by atoms with Gasteiger partial charge in [-0.2, -0.15) is 11.8 Å². The molecule has 2 amide bonds. The van der Waals surface area contributed by atoms with Crippen LogP contribution in [0.1, 0.15) is 30.1 Å². The SMILES string of the molecule is CCCC1NC(=O)c2ccccc2N(CCSC)C1=O. The molecule has 0 aliphatic carbocycles. The first kappa shape index (κ1) is 14.9. The van der Waals surface area contributed by atoms with Crippen molar-refractivity contribution in [3.05, 3.63) is 29.8 Å². The Bertz CT molecular complexity index is 504. The van der Waals surface area contributed by atoms with Crippen molar-refractivity contribution in [1.82, 2.24) is 5.32 Å². The molecule has 1 aromatic rings.